The summed E-state index contributed by atoms with van der Waals surface area (Å²) >= 11 is 5.15. The van der Waals surface area contributed by atoms with Gasteiger partial charge in [-0.1, -0.05) is 29.8 Å². The first-order valence-corrected chi connectivity index (χ1v) is 7.84. The molecule has 0 spiro atoms. The number of hydrogen-bond donors (Lipinski definition) is 1. The lowest BCUT2D eigenvalue weighted by Crippen LogP contribution is -2.27. The van der Waals surface area contributed by atoms with Gasteiger partial charge in [0.1, 0.15) is 6.10 Å². The molecule has 0 aliphatic carbocycles. The topological polar surface area (TPSA) is 23.5 Å². The van der Waals surface area contributed by atoms with Crippen molar-refractivity contribution >= 4 is 37.4 Å². The molecule has 0 saturated carbocycles. The lowest BCUT2D eigenvalue weighted by Gasteiger charge is -2.20. The molecule has 1 atom stereocenters. The van der Waals surface area contributed by atoms with Crippen LogP contribution < -0.4 is 0 Å². The van der Waals surface area contributed by atoms with Crippen LogP contribution in [0.1, 0.15) is 24.8 Å². The highest BCUT2D eigenvalue weighted by atomic mass is 79.9. The molecule has 1 heterocycles. The van der Waals surface area contributed by atoms with Gasteiger partial charge < -0.3 is 10.0 Å². The molecule has 0 bridgehead atoms. The van der Waals surface area contributed by atoms with Crippen LogP contribution in [0.5, 0.6) is 0 Å². The molecule has 4 heteroatoms. The van der Waals surface area contributed by atoms with E-state index in [-0.39, 0.29) is 6.10 Å². The molecule has 0 radical (unpaired) electrons. The molecule has 1 aromatic heterocycles. The van der Waals surface area contributed by atoms with Crippen molar-refractivity contribution in [3.05, 3.63) is 33.6 Å². The highest BCUT2D eigenvalue weighted by molar-refractivity contribution is 9.10. The number of aliphatic hydroxyl groups is 1. The number of rotatable bonds is 5. The number of nitrogens with zero attached hydrogens (tertiary/aromatic N) is 1. The van der Waals surface area contributed by atoms with E-state index in [1.54, 1.807) is 11.3 Å². The first-order valence-electron chi connectivity index (χ1n) is 6.23. The van der Waals surface area contributed by atoms with Crippen molar-refractivity contribution in [2.45, 2.75) is 20.0 Å². The molecule has 0 saturated heterocycles. The Hall–Kier alpha value is -0.420. The van der Waals surface area contributed by atoms with E-state index < -0.39 is 0 Å². The maximum Gasteiger partial charge on any atom is 0.101 e. The van der Waals surface area contributed by atoms with Crippen LogP contribution in [0.3, 0.4) is 0 Å². The van der Waals surface area contributed by atoms with Crippen LogP contribution in [-0.2, 0) is 0 Å². The SMILES string of the molecule is CCN(CC)C[C@H](O)c1cc2cc(Br)ccc2s1. The molecule has 18 heavy (non-hydrogen) atoms. The number of benzene rings is 1. The molecular formula is C14H18BrNOS. The summed E-state index contributed by atoms with van der Waals surface area (Å²) in [5, 5.41) is 11.5. The van der Waals surface area contributed by atoms with Gasteiger partial charge >= 0.3 is 0 Å². The van der Waals surface area contributed by atoms with Crippen LogP contribution in [0.2, 0.25) is 0 Å². The number of thiophene rings is 1. The van der Waals surface area contributed by atoms with Gasteiger partial charge in [-0.3, -0.25) is 0 Å². The average Bonchev–Trinajstić information content (AvgIpc) is 2.78. The van der Waals surface area contributed by atoms with E-state index in [2.05, 4.69) is 52.9 Å². The van der Waals surface area contributed by atoms with Crippen LogP contribution >= 0.6 is 27.3 Å². The monoisotopic (exact) mass is 327 g/mol. The second kappa shape index (κ2) is 6.15. The van der Waals surface area contributed by atoms with Crippen LogP contribution in [-0.4, -0.2) is 29.6 Å². The van der Waals surface area contributed by atoms with Gasteiger partial charge in [-0.05, 0) is 42.7 Å². The Kier molecular flexibility index (Phi) is 4.78. The summed E-state index contributed by atoms with van der Waals surface area (Å²) in [6.45, 7) is 6.91. The summed E-state index contributed by atoms with van der Waals surface area (Å²) in [4.78, 5) is 3.29. The second-order valence-corrected chi connectivity index (χ2v) is 6.36. The predicted octanol–water partition coefficient (Wildman–Crippen LogP) is 4.04. The molecule has 0 aliphatic heterocycles. The average molecular weight is 328 g/mol. The van der Waals surface area contributed by atoms with Gasteiger partial charge in [0.2, 0.25) is 0 Å². The van der Waals surface area contributed by atoms with Gasteiger partial charge in [0.05, 0.1) is 0 Å². The Morgan fingerprint density at radius 2 is 2.00 bits per heavy atom. The fourth-order valence-electron chi connectivity index (χ4n) is 2.02. The number of halogens is 1. The lowest BCUT2D eigenvalue weighted by molar-refractivity contribution is 0.122. The van der Waals surface area contributed by atoms with Crippen molar-refractivity contribution in [3.8, 4) is 0 Å². The first-order chi connectivity index (χ1) is 8.63. The van der Waals surface area contributed by atoms with Crippen molar-refractivity contribution in [1.82, 2.24) is 4.90 Å². The summed E-state index contributed by atoms with van der Waals surface area (Å²) in [5.74, 6) is 0. The smallest absolute Gasteiger partial charge is 0.101 e. The number of likely N-dealkylation sites (N-methyl/N-ethyl adjacent to an activating group) is 1. The van der Waals surface area contributed by atoms with E-state index >= 15 is 0 Å². The van der Waals surface area contributed by atoms with Crippen molar-refractivity contribution in [3.63, 3.8) is 0 Å². The summed E-state index contributed by atoms with van der Waals surface area (Å²) in [7, 11) is 0. The van der Waals surface area contributed by atoms with Crippen molar-refractivity contribution in [1.29, 1.82) is 0 Å². The third kappa shape index (κ3) is 3.12. The first kappa shape index (κ1) is 14.0. The van der Waals surface area contributed by atoms with Crippen molar-refractivity contribution in [2.24, 2.45) is 0 Å². The van der Waals surface area contributed by atoms with Crippen LogP contribution in [0.4, 0.5) is 0 Å². The van der Waals surface area contributed by atoms with E-state index in [0.717, 1.165) is 22.4 Å². The van der Waals surface area contributed by atoms with Gasteiger partial charge in [-0.15, -0.1) is 11.3 Å². The van der Waals surface area contributed by atoms with Gasteiger partial charge in [-0.25, -0.2) is 0 Å². The molecule has 0 unspecified atom stereocenters. The maximum absolute atomic E-state index is 10.3. The summed E-state index contributed by atoms with van der Waals surface area (Å²) in [6.07, 6.45) is -0.388. The van der Waals surface area contributed by atoms with Crippen LogP contribution in [0, 0.1) is 0 Å². The van der Waals surface area contributed by atoms with E-state index in [1.165, 1.54) is 10.1 Å². The minimum atomic E-state index is -0.388. The number of hydrogen-bond acceptors (Lipinski definition) is 3. The molecule has 98 valence electrons. The standard InChI is InChI=1S/C14H18BrNOS/c1-3-16(4-2)9-12(17)14-8-10-7-11(15)5-6-13(10)18-14/h5-8,12,17H,3-4,9H2,1-2H3/t12-/m0/s1. The van der Waals surface area contributed by atoms with Gasteiger partial charge in [0, 0.05) is 20.6 Å². The summed E-state index contributed by atoms with van der Waals surface area (Å²) in [5.41, 5.74) is 0. The summed E-state index contributed by atoms with van der Waals surface area (Å²) < 4.78 is 2.31. The van der Waals surface area contributed by atoms with Gasteiger partial charge in [-0.2, -0.15) is 0 Å². The lowest BCUT2D eigenvalue weighted by atomic mass is 10.2. The highest BCUT2D eigenvalue weighted by Crippen LogP contribution is 2.32. The zero-order valence-electron chi connectivity index (χ0n) is 10.7. The number of fused-ring (bicyclic) bond motifs is 1. The molecule has 2 aromatic rings. The molecule has 2 rings (SSSR count). The van der Waals surface area contributed by atoms with E-state index in [0.29, 0.717) is 6.54 Å². The quantitative estimate of drug-likeness (QED) is 0.895. The molecule has 0 fully saturated rings. The fourth-order valence-corrected chi connectivity index (χ4v) is 3.42. The molecule has 0 aliphatic rings. The molecule has 1 N–H and O–H groups in total. The largest absolute Gasteiger partial charge is 0.386 e. The third-order valence-electron chi connectivity index (χ3n) is 3.15. The number of aliphatic hydroxyl groups excluding tert-OH is 1. The van der Waals surface area contributed by atoms with Gasteiger partial charge in [0.15, 0.2) is 0 Å². The second-order valence-electron chi connectivity index (χ2n) is 4.33. The van der Waals surface area contributed by atoms with Gasteiger partial charge in [0.25, 0.3) is 0 Å². The Labute approximate surface area is 120 Å². The van der Waals surface area contributed by atoms with Crippen LogP contribution in [0.25, 0.3) is 10.1 Å². The normalized spacial score (nSPS) is 13.4. The minimum absolute atomic E-state index is 0.388. The third-order valence-corrected chi connectivity index (χ3v) is 4.86. The van der Waals surface area contributed by atoms with E-state index in [4.69, 9.17) is 0 Å². The Balaban J connectivity index is 2.20. The predicted molar refractivity (Wildman–Crippen MR) is 82.3 cm³/mol. The van der Waals surface area contributed by atoms with E-state index in [1.807, 2.05) is 6.07 Å². The maximum atomic E-state index is 10.3. The molecule has 2 nitrogen and oxygen atoms in total. The van der Waals surface area contributed by atoms with E-state index in [9.17, 15) is 5.11 Å². The Bertz CT molecular complexity index is 521. The fraction of sp³-hybridized carbons (Fsp3) is 0.429. The highest BCUT2D eigenvalue weighted by Gasteiger charge is 2.14. The van der Waals surface area contributed by atoms with Crippen molar-refractivity contribution < 1.29 is 5.11 Å². The Morgan fingerprint density at radius 3 is 2.67 bits per heavy atom. The van der Waals surface area contributed by atoms with Crippen molar-refractivity contribution in [2.75, 3.05) is 19.6 Å². The summed E-state index contributed by atoms with van der Waals surface area (Å²) in [6, 6.07) is 8.33. The Morgan fingerprint density at radius 1 is 1.28 bits per heavy atom. The molecule has 0 amide bonds. The zero-order chi connectivity index (χ0) is 13.1. The van der Waals surface area contributed by atoms with Crippen LogP contribution in [0.15, 0.2) is 28.7 Å². The minimum Gasteiger partial charge on any atom is -0.386 e. The molecule has 1 aromatic carbocycles. The molecular weight excluding hydrogens is 310 g/mol. The zero-order valence-corrected chi connectivity index (χ0v) is 13.1.